The summed E-state index contributed by atoms with van der Waals surface area (Å²) in [5, 5.41) is 5.99. The van der Waals surface area contributed by atoms with Gasteiger partial charge >= 0.3 is 0 Å². The molecular weight excluding hydrogens is 456 g/mol. The number of rotatable bonds is 8. The second-order valence-electron chi connectivity index (χ2n) is 8.97. The van der Waals surface area contributed by atoms with E-state index in [9.17, 15) is 9.59 Å². The first-order chi connectivity index (χ1) is 17.2. The minimum absolute atomic E-state index is 0.0112. The van der Waals surface area contributed by atoms with Crippen molar-refractivity contribution in [3.63, 3.8) is 0 Å². The third kappa shape index (κ3) is 5.63. The van der Waals surface area contributed by atoms with Gasteiger partial charge in [-0.15, -0.1) is 11.3 Å². The van der Waals surface area contributed by atoms with E-state index < -0.39 is 6.04 Å². The average molecular weight is 487 g/mol. The Hall–Kier alpha value is -3.42. The predicted octanol–water partition coefficient (Wildman–Crippen LogP) is 3.96. The topological polar surface area (TPSA) is 68.4 Å². The highest BCUT2D eigenvalue weighted by molar-refractivity contribution is 7.12. The summed E-state index contributed by atoms with van der Waals surface area (Å²) in [7, 11) is 0. The Kier molecular flexibility index (Phi) is 7.25. The minimum atomic E-state index is -0.611. The summed E-state index contributed by atoms with van der Waals surface area (Å²) in [4.78, 5) is 34.7. The number of thiophene rings is 1. The van der Waals surface area contributed by atoms with Crippen LogP contribution in [0.25, 0.3) is 10.9 Å². The number of piperazine rings is 1. The third-order valence-corrected chi connectivity index (χ3v) is 7.56. The van der Waals surface area contributed by atoms with Crippen LogP contribution < -0.4 is 5.32 Å². The van der Waals surface area contributed by atoms with Crippen molar-refractivity contribution in [2.45, 2.75) is 18.9 Å². The Labute approximate surface area is 209 Å². The van der Waals surface area contributed by atoms with Gasteiger partial charge in [0, 0.05) is 56.2 Å². The Balaban J connectivity index is 1.25. The summed E-state index contributed by atoms with van der Waals surface area (Å²) in [5.41, 5.74) is 3.40. The number of nitrogens with zero attached hydrogens (tertiary/aromatic N) is 2. The van der Waals surface area contributed by atoms with Crippen molar-refractivity contribution in [1.29, 1.82) is 0 Å². The van der Waals surface area contributed by atoms with Crippen LogP contribution in [0.15, 0.2) is 78.3 Å². The van der Waals surface area contributed by atoms with Gasteiger partial charge in [0.2, 0.25) is 5.91 Å². The first-order valence-corrected chi connectivity index (χ1v) is 13.0. The Morgan fingerprint density at radius 2 is 1.71 bits per heavy atom. The first kappa shape index (κ1) is 23.3. The lowest BCUT2D eigenvalue weighted by Gasteiger charge is -2.36. The molecular formula is C28H30N4O2S. The van der Waals surface area contributed by atoms with E-state index in [0.717, 1.165) is 42.5 Å². The fraction of sp³-hybridized carbons (Fsp3) is 0.286. The first-order valence-electron chi connectivity index (χ1n) is 12.1. The highest BCUT2D eigenvalue weighted by atomic mass is 32.1. The quantitative estimate of drug-likeness (QED) is 0.396. The smallest absolute Gasteiger partial charge is 0.262 e. The molecule has 2 amide bonds. The van der Waals surface area contributed by atoms with Crippen molar-refractivity contribution in [3.8, 4) is 0 Å². The van der Waals surface area contributed by atoms with Crippen LogP contribution in [0.4, 0.5) is 0 Å². The van der Waals surface area contributed by atoms with Gasteiger partial charge in [-0.1, -0.05) is 54.6 Å². The fourth-order valence-corrected chi connectivity index (χ4v) is 5.33. The van der Waals surface area contributed by atoms with E-state index in [2.05, 4.69) is 45.5 Å². The van der Waals surface area contributed by atoms with Crippen molar-refractivity contribution < 1.29 is 9.59 Å². The molecule has 1 aliphatic rings. The summed E-state index contributed by atoms with van der Waals surface area (Å²) < 4.78 is 0. The normalized spacial score (nSPS) is 15.3. The Morgan fingerprint density at radius 3 is 2.49 bits per heavy atom. The third-order valence-electron chi connectivity index (χ3n) is 6.69. The number of carbonyl (C=O) groups is 2. The molecule has 2 aromatic carbocycles. The van der Waals surface area contributed by atoms with Gasteiger partial charge in [-0.25, -0.2) is 0 Å². The van der Waals surface area contributed by atoms with Gasteiger partial charge in [-0.2, -0.15) is 0 Å². The molecule has 2 N–H and O–H groups in total. The van der Waals surface area contributed by atoms with Crippen LogP contribution in [0.2, 0.25) is 0 Å². The molecule has 0 aliphatic carbocycles. The summed E-state index contributed by atoms with van der Waals surface area (Å²) in [6.45, 7) is 4.02. The van der Waals surface area contributed by atoms with Gasteiger partial charge in [0.25, 0.3) is 5.91 Å². The van der Waals surface area contributed by atoms with Crippen LogP contribution in [0.1, 0.15) is 20.8 Å². The monoisotopic (exact) mass is 486 g/mol. The zero-order valence-electron chi connectivity index (χ0n) is 19.7. The van der Waals surface area contributed by atoms with E-state index in [1.165, 1.54) is 16.9 Å². The summed E-state index contributed by atoms with van der Waals surface area (Å²) in [6, 6.07) is 21.6. The van der Waals surface area contributed by atoms with Crippen LogP contribution in [0, 0.1) is 0 Å². The van der Waals surface area contributed by atoms with Gasteiger partial charge < -0.3 is 15.2 Å². The molecule has 5 rings (SSSR count). The lowest BCUT2D eigenvalue weighted by Crippen LogP contribution is -2.55. The van der Waals surface area contributed by atoms with E-state index >= 15 is 0 Å². The SMILES string of the molecule is O=C(N[C@@H](Cc1c[nH]c2ccccc12)C(=O)N1CCN(CCc2ccccc2)CC1)c1cccs1. The lowest BCUT2D eigenvalue weighted by atomic mass is 10.0. The molecule has 1 aliphatic heterocycles. The molecule has 1 fully saturated rings. The molecule has 0 saturated carbocycles. The molecule has 2 aromatic heterocycles. The maximum absolute atomic E-state index is 13.6. The number of benzene rings is 2. The molecule has 1 saturated heterocycles. The number of hydrogen-bond donors (Lipinski definition) is 2. The van der Waals surface area contributed by atoms with E-state index in [0.29, 0.717) is 24.4 Å². The minimum Gasteiger partial charge on any atom is -0.361 e. The maximum atomic E-state index is 13.6. The number of para-hydroxylation sites is 1. The molecule has 1 atom stereocenters. The standard InChI is InChI=1S/C28H30N4O2S/c33-27(26-11-6-18-35-26)30-25(19-22-20-29-24-10-5-4-9-23(22)24)28(34)32-16-14-31(15-17-32)13-12-21-7-2-1-3-8-21/h1-11,18,20,25,29H,12-17,19H2,(H,30,33)/t25-/m0/s1. The molecule has 0 radical (unpaired) electrons. The lowest BCUT2D eigenvalue weighted by molar-refractivity contribution is -0.135. The summed E-state index contributed by atoms with van der Waals surface area (Å²) in [5.74, 6) is -0.206. The molecule has 35 heavy (non-hydrogen) atoms. The van der Waals surface area contributed by atoms with Crippen molar-refractivity contribution in [1.82, 2.24) is 20.1 Å². The number of amides is 2. The van der Waals surface area contributed by atoms with E-state index in [1.54, 1.807) is 6.07 Å². The van der Waals surface area contributed by atoms with E-state index in [4.69, 9.17) is 0 Å². The molecule has 0 unspecified atom stereocenters. The van der Waals surface area contributed by atoms with Crippen LogP contribution in [0.3, 0.4) is 0 Å². The van der Waals surface area contributed by atoms with Crippen molar-refractivity contribution in [2.75, 3.05) is 32.7 Å². The van der Waals surface area contributed by atoms with Gasteiger partial charge in [0.15, 0.2) is 0 Å². The van der Waals surface area contributed by atoms with Gasteiger partial charge in [-0.3, -0.25) is 14.5 Å². The molecule has 180 valence electrons. The fourth-order valence-electron chi connectivity index (χ4n) is 4.70. The second kappa shape index (κ2) is 10.9. The molecule has 0 bridgehead atoms. The van der Waals surface area contributed by atoms with Gasteiger partial charge in [-0.05, 0) is 35.1 Å². The van der Waals surface area contributed by atoms with Gasteiger partial charge in [0.1, 0.15) is 6.04 Å². The predicted molar refractivity (Wildman–Crippen MR) is 141 cm³/mol. The van der Waals surface area contributed by atoms with Crippen molar-refractivity contribution in [2.24, 2.45) is 0 Å². The maximum Gasteiger partial charge on any atom is 0.262 e. The highest BCUT2D eigenvalue weighted by Crippen LogP contribution is 2.20. The van der Waals surface area contributed by atoms with Crippen molar-refractivity contribution in [3.05, 3.63) is 94.3 Å². The van der Waals surface area contributed by atoms with Crippen molar-refractivity contribution >= 4 is 34.1 Å². The number of aromatic amines is 1. The zero-order chi connectivity index (χ0) is 24.0. The summed E-state index contributed by atoms with van der Waals surface area (Å²) in [6.07, 6.45) is 3.41. The van der Waals surface area contributed by atoms with Crippen LogP contribution in [-0.2, 0) is 17.6 Å². The van der Waals surface area contributed by atoms with Crippen LogP contribution in [-0.4, -0.2) is 65.4 Å². The molecule has 0 spiro atoms. The number of hydrogen-bond acceptors (Lipinski definition) is 4. The number of H-pyrrole nitrogens is 1. The number of nitrogens with one attached hydrogen (secondary N) is 2. The number of fused-ring (bicyclic) bond motifs is 1. The average Bonchev–Trinajstić information content (AvgIpc) is 3.59. The Bertz CT molecular complexity index is 1260. The number of aromatic nitrogens is 1. The van der Waals surface area contributed by atoms with E-state index in [1.807, 2.05) is 46.8 Å². The zero-order valence-corrected chi connectivity index (χ0v) is 20.5. The molecule has 3 heterocycles. The van der Waals surface area contributed by atoms with E-state index in [-0.39, 0.29) is 11.8 Å². The highest BCUT2D eigenvalue weighted by Gasteiger charge is 2.30. The molecule has 4 aromatic rings. The molecule has 7 heteroatoms. The Morgan fingerprint density at radius 1 is 0.943 bits per heavy atom. The van der Waals surface area contributed by atoms with Crippen LogP contribution in [0.5, 0.6) is 0 Å². The molecule has 6 nitrogen and oxygen atoms in total. The summed E-state index contributed by atoms with van der Waals surface area (Å²) >= 11 is 1.38. The van der Waals surface area contributed by atoms with Crippen LogP contribution >= 0.6 is 11.3 Å². The second-order valence-corrected chi connectivity index (χ2v) is 9.92. The van der Waals surface area contributed by atoms with Gasteiger partial charge in [0.05, 0.1) is 4.88 Å². The largest absolute Gasteiger partial charge is 0.361 e. The number of carbonyl (C=O) groups excluding carboxylic acids is 2.